The number of pyridine rings is 1. The van der Waals surface area contributed by atoms with Crippen LogP contribution in [0.25, 0.3) is 11.3 Å². The maximum atomic E-state index is 12.0. The fourth-order valence-corrected chi connectivity index (χ4v) is 3.58. The number of nitrogens with zero attached hydrogens (tertiary/aromatic N) is 2. The van der Waals surface area contributed by atoms with Gasteiger partial charge in [-0.05, 0) is 40.2 Å². The molecule has 0 aliphatic rings. The highest BCUT2D eigenvalue weighted by Crippen LogP contribution is 2.26. The van der Waals surface area contributed by atoms with E-state index >= 15 is 0 Å². The lowest BCUT2D eigenvalue weighted by Crippen LogP contribution is -2.09. The molecule has 100 valence electrons. The van der Waals surface area contributed by atoms with Gasteiger partial charge in [-0.15, -0.1) is 22.7 Å². The van der Waals surface area contributed by atoms with E-state index in [9.17, 15) is 4.79 Å². The predicted molar refractivity (Wildman–Crippen MR) is 85.3 cm³/mol. The second kappa shape index (κ2) is 5.82. The second-order valence-corrected chi connectivity index (χ2v) is 7.15. The number of carbonyl (C=O) groups excluding carboxylic acids is 1. The summed E-state index contributed by atoms with van der Waals surface area (Å²) in [4.78, 5) is 21.0. The number of halogens is 1. The van der Waals surface area contributed by atoms with Crippen molar-refractivity contribution in [1.29, 1.82) is 0 Å². The van der Waals surface area contributed by atoms with E-state index in [4.69, 9.17) is 0 Å². The molecule has 0 spiro atoms. The van der Waals surface area contributed by atoms with Crippen molar-refractivity contribution in [3.8, 4) is 11.3 Å². The van der Waals surface area contributed by atoms with Gasteiger partial charge in [-0.3, -0.25) is 15.1 Å². The number of rotatable bonds is 3. The fraction of sp³-hybridized carbons (Fsp3) is 0. The summed E-state index contributed by atoms with van der Waals surface area (Å²) >= 11 is 6.14. The van der Waals surface area contributed by atoms with Crippen LogP contribution in [-0.2, 0) is 0 Å². The molecule has 1 amide bonds. The van der Waals surface area contributed by atoms with Gasteiger partial charge in [-0.1, -0.05) is 0 Å². The van der Waals surface area contributed by atoms with Gasteiger partial charge in [0.05, 0.1) is 14.4 Å². The first kappa shape index (κ1) is 13.4. The summed E-state index contributed by atoms with van der Waals surface area (Å²) in [7, 11) is 0. The van der Waals surface area contributed by atoms with E-state index < -0.39 is 0 Å². The summed E-state index contributed by atoms with van der Waals surface area (Å²) in [5.74, 6) is -0.142. The molecule has 0 atom stereocenters. The Labute approximate surface area is 131 Å². The molecule has 3 rings (SSSR count). The van der Waals surface area contributed by atoms with Crippen LogP contribution in [0.5, 0.6) is 0 Å². The van der Waals surface area contributed by atoms with Crippen molar-refractivity contribution in [2.45, 2.75) is 0 Å². The Kier molecular flexibility index (Phi) is 3.90. The largest absolute Gasteiger partial charge is 0.297 e. The Balaban J connectivity index is 1.76. The van der Waals surface area contributed by atoms with Crippen molar-refractivity contribution in [3.63, 3.8) is 0 Å². The summed E-state index contributed by atoms with van der Waals surface area (Å²) in [5, 5.41) is 5.31. The summed E-state index contributed by atoms with van der Waals surface area (Å²) in [5.41, 5.74) is 1.82. The quantitative estimate of drug-likeness (QED) is 0.753. The van der Waals surface area contributed by atoms with Gasteiger partial charge in [0.25, 0.3) is 5.91 Å². The molecule has 4 nitrogen and oxygen atoms in total. The van der Waals surface area contributed by atoms with E-state index in [0.29, 0.717) is 10.0 Å². The minimum absolute atomic E-state index is 0.142. The first-order valence-electron chi connectivity index (χ1n) is 5.65. The number of hydrogen-bond donors (Lipinski definition) is 1. The van der Waals surface area contributed by atoms with Gasteiger partial charge < -0.3 is 0 Å². The van der Waals surface area contributed by atoms with Gasteiger partial charge in [-0.2, -0.15) is 0 Å². The van der Waals surface area contributed by atoms with Crippen LogP contribution in [0.1, 0.15) is 9.67 Å². The molecule has 3 heterocycles. The minimum Gasteiger partial charge on any atom is -0.297 e. The third kappa shape index (κ3) is 2.95. The van der Waals surface area contributed by atoms with Gasteiger partial charge in [-0.25, -0.2) is 4.98 Å². The maximum Gasteiger partial charge on any atom is 0.267 e. The molecule has 3 aromatic rings. The third-order valence-corrected chi connectivity index (χ3v) is 4.88. The van der Waals surface area contributed by atoms with Crippen LogP contribution in [0.4, 0.5) is 5.13 Å². The molecule has 0 aliphatic carbocycles. The zero-order valence-electron chi connectivity index (χ0n) is 10.0. The van der Waals surface area contributed by atoms with Gasteiger partial charge in [0.15, 0.2) is 5.13 Å². The maximum absolute atomic E-state index is 12.0. The Morgan fingerprint density at radius 2 is 2.00 bits per heavy atom. The third-order valence-electron chi connectivity index (χ3n) is 2.50. The van der Waals surface area contributed by atoms with E-state index in [2.05, 4.69) is 31.2 Å². The first-order valence-corrected chi connectivity index (χ1v) is 8.14. The van der Waals surface area contributed by atoms with Crippen molar-refractivity contribution in [1.82, 2.24) is 9.97 Å². The van der Waals surface area contributed by atoms with Gasteiger partial charge >= 0.3 is 0 Å². The van der Waals surface area contributed by atoms with Gasteiger partial charge in [0.1, 0.15) is 0 Å². The highest BCUT2D eigenvalue weighted by molar-refractivity contribution is 9.11. The Morgan fingerprint density at radius 1 is 1.20 bits per heavy atom. The highest BCUT2D eigenvalue weighted by Gasteiger charge is 2.11. The number of aromatic nitrogens is 2. The lowest BCUT2D eigenvalue weighted by molar-refractivity contribution is 0.103. The number of amides is 1. The van der Waals surface area contributed by atoms with Crippen LogP contribution in [0.3, 0.4) is 0 Å². The van der Waals surface area contributed by atoms with Crippen LogP contribution in [0.2, 0.25) is 0 Å². The molecule has 0 aliphatic heterocycles. The molecule has 0 aromatic carbocycles. The molecule has 0 unspecified atom stereocenters. The van der Waals surface area contributed by atoms with Crippen LogP contribution >= 0.6 is 38.6 Å². The molecular formula is C13H8BrN3OS2. The van der Waals surface area contributed by atoms with Crippen LogP contribution in [0.15, 0.2) is 45.8 Å². The van der Waals surface area contributed by atoms with Crippen LogP contribution in [0, 0.1) is 0 Å². The molecule has 0 fully saturated rings. The van der Waals surface area contributed by atoms with E-state index in [0.717, 1.165) is 15.0 Å². The first-order chi connectivity index (χ1) is 9.72. The Morgan fingerprint density at radius 3 is 2.70 bits per heavy atom. The number of hydrogen-bond acceptors (Lipinski definition) is 5. The monoisotopic (exact) mass is 365 g/mol. The standard InChI is InChI=1S/C13H8BrN3OS2/c14-11-2-1-10(20-11)12(18)17-13-16-9(7-19-13)8-3-5-15-6-4-8/h1-7H,(H,16,17,18). The smallest absolute Gasteiger partial charge is 0.267 e. The molecular weight excluding hydrogens is 358 g/mol. The zero-order valence-corrected chi connectivity index (χ0v) is 13.3. The minimum atomic E-state index is -0.142. The predicted octanol–water partition coefficient (Wildman–Crippen LogP) is 4.28. The Hall–Kier alpha value is -1.57. The molecule has 3 aromatic heterocycles. The summed E-state index contributed by atoms with van der Waals surface area (Å²) in [6.45, 7) is 0. The summed E-state index contributed by atoms with van der Waals surface area (Å²) in [6.07, 6.45) is 3.44. The summed E-state index contributed by atoms with van der Waals surface area (Å²) < 4.78 is 0.930. The SMILES string of the molecule is O=C(Nc1nc(-c2ccncc2)cs1)c1ccc(Br)s1. The van der Waals surface area contributed by atoms with Crippen LogP contribution in [-0.4, -0.2) is 15.9 Å². The number of nitrogens with one attached hydrogen (secondary N) is 1. The topological polar surface area (TPSA) is 54.9 Å². The van der Waals surface area contributed by atoms with Crippen LogP contribution < -0.4 is 5.32 Å². The highest BCUT2D eigenvalue weighted by atomic mass is 79.9. The van der Waals surface area contributed by atoms with E-state index in [1.54, 1.807) is 18.5 Å². The molecule has 0 saturated carbocycles. The van der Waals surface area contributed by atoms with Crippen molar-refractivity contribution >= 4 is 49.6 Å². The number of anilines is 1. The average Bonchev–Trinajstić information content (AvgIpc) is 3.09. The van der Waals surface area contributed by atoms with E-state index in [1.807, 2.05) is 23.6 Å². The lowest BCUT2D eigenvalue weighted by Gasteiger charge is -1.98. The Bertz CT molecular complexity index is 739. The molecule has 0 saturated heterocycles. The normalized spacial score (nSPS) is 10.4. The number of thiazole rings is 1. The lowest BCUT2D eigenvalue weighted by atomic mass is 10.2. The fourth-order valence-electron chi connectivity index (χ4n) is 1.58. The number of carbonyl (C=O) groups is 1. The number of thiophene rings is 1. The van der Waals surface area contributed by atoms with E-state index in [1.165, 1.54) is 22.7 Å². The van der Waals surface area contributed by atoms with Gasteiger partial charge in [0.2, 0.25) is 0 Å². The van der Waals surface area contributed by atoms with Crippen molar-refractivity contribution in [2.24, 2.45) is 0 Å². The molecule has 1 N–H and O–H groups in total. The van der Waals surface area contributed by atoms with E-state index in [-0.39, 0.29) is 5.91 Å². The van der Waals surface area contributed by atoms with Crippen molar-refractivity contribution < 1.29 is 4.79 Å². The second-order valence-electron chi connectivity index (χ2n) is 3.83. The zero-order chi connectivity index (χ0) is 13.9. The van der Waals surface area contributed by atoms with Crippen molar-refractivity contribution in [3.05, 3.63) is 50.7 Å². The summed E-state index contributed by atoms with van der Waals surface area (Å²) in [6, 6.07) is 7.40. The molecule has 7 heteroatoms. The molecule has 0 bridgehead atoms. The van der Waals surface area contributed by atoms with Crippen molar-refractivity contribution in [2.75, 3.05) is 5.32 Å². The van der Waals surface area contributed by atoms with Gasteiger partial charge in [0, 0.05) is 23.3 Å². The molecule has 0 radical (unpaired) electrons. The molecule has 20 heavy (non-hydrogen) atoms. The average molecular weight is 366 g/mol.